The SMILES string of the molecule is CCOc1cc(/C=C(/C#N)C(=O)Nc2cc(C)on2)ccc1OCCOc1cccc(OC)c1. The fraction of sp³-hybridized carbons (Fsp3) is 0.240. The molecule has 3 rings (SSSR count). The highest BCUT2D eigenvalue weighted by Crippen LogP contribution is 2.29. The number of nitrogens with zero attached hydrogens (tertiary/aromatic N) is 2. The third-order valence-corrected chi connectivity index (χ3v) is 4.46. The van der Waals surface area contributed by atoms with Crippen LogP contribution in [0.1, 0.15) is 18.2 Å². The number of nitrogens with one attached hydrogen (secondary N) is 1. The molecule has 1 N–H and O–H groups in total. The van der Waals surface area contributed by atoms with Gasteiger partial charge in [-0.2, -0.15) is 5.26 Å². The van der Waals surface area contributed by atoms with Crippen LogP contribution in [-0.2, 0) is 4.79 Å². The van der Waals surface area contributed by atoms with Gasteiger partial charge >= 0.3 is 0 Å². The third-order valence-electron chi connectivity index (χ3n) is 4.46. The lowest BCUT2D eigenvalue weighted by molar-refractivity contribution is -0.112. The van der Waals surface area contributed by atoms with Crippen LogP contribution in [0.4, 0.5) is 5.82 Å². The van der Waals surface area contributed by atoms with Crippen molar-refractivity contribution in [2.45, 2.75) is 13.8 Å². The number of aromatic nitrogens is 1. The van der Waals surface area contributed by atoms with Gasteiger partial charge in [0.05, 0.1) is 13.7 Å². The summed E-state index contributed by atoms with van der Waals surface area (Å²) in [7, 11) is 1.60. The van der Waals surface area contributed by atoms with Crippen LogP contribution in [0.3, 0.4) is 0 Å². The molecule has 0 saturated heterocycles. The Kier molecular flexibility index (Phi) is 8.52. The lowest BCUT2D eigenvalue weighted by atomic mass is 10.1. The number of carbonyl (C=O) groups excluding carboxylic acids is 1. The summed E-state index contributed by atoms with van der Waals surface area (Å²) in [6, 6.07) is 15.9. The van der Waals surface area contributed by atoms with E-state index in [2.05, 4.69) is 10.5 Å². The second-order valence-corrected chi connectivity index (χ2v) is 6.96. The molecule has 0 unspecified atom stereocenters. The quantitative estimate of drug-likeness (QED) is 0.253. The molecule has 0 saturated carbocycles. The van der Waals surface area contributed by atoms with Crippen molar-refractivity contribution in [2.75, 3.05) is 32.2 Å². The number of carbonyl (C=O) groups is 1. The molecule has 1 heterocycles. The summed E-state index contributed by atoms with van der Waals surface area (Å²) in [5.41, 5.74) is 0.509. The molecule has 9 heteroatoms. The van der Waals surface area contributed by atoms with Crippen molar-refractivity contribution < 1.29 is 28.3 Å². The molecule has 0 bridgehead atoms. The van der Waals surface area contributed by atoms with E-state index in [9.17, 15) is 10.1 Å². The van der Waals surface area contributed by atoms with Crippen LogP contribution in [0, 0.1) is 18.3 Å². The lowest BCUT2D eigenvalue weighted by Gasteiger charge is -2.13. The number of benzene rings is 2. The molecule has 34 heavy (non-hydrogen) atoms. The highest BCUT2D eigenvalue weighted by molar-refractivity contribution is 6.09. The van der Waals surface area contributed by atoms with Crippen LogP contribution in [0.5, 0.6) is 23.0 Å². The number of nitriles is 1. The second-order valence-electron chi connectivity index (χ2n) is 6.96. The first-order valence-electron chi connectivity index (χ1n) is 10.6. The summed E-state index contributed by atoms with van der Waals surface area (Å²) in [4.78, 5) is 12.4. The molecule has 0 aliphatic rings. The van der Waals surface area contributed by atoms with Gasteiger partial charge in [-0.15, -0.1) is 0 Å². The Morgan fingerprint density at radius 1 is 1.09 bits per heavy atom. The zero-order valence-electron chi connectivity index (χ0n) is 19.2. The van der Waals surface area contributed by atoms with Crippen LogP contribution in [-0.4, -0.2) is 38.0 Å². The largest absolute Gasteiger partial charge is 0.497 e. The molecule has 1 aromatic heterocycles. The van der Waals surface area contributed by atoms with E-state index in [-0.39, 0.29) is 18.0 Å². The molecule has 0 fully saturated rings. The Labute approximate surface area is 197 Å². The Morgan fingerprint density at radius 3 is 2.59 bits per heavy atom. The van der Waals surface area contributed by atoms with Gasteiger partial charge in [0.2, 0.25) is 0 Å². The molecule has 0 spiro atoms. The van der Waals surface area contributed by atoms with Crippen molar-refractivity contribution in [1.29, 1.82) is 5.26 Å². The molecule has 3 aromatic rings. The predicted molar refractivity (Wildman–Crippen MR) is 125 cm³/mol. The maximum absolute atomic E-state index is 12.4. The zero-order chi connectivity index (χ0) is 24.3. The first-order valence-corrected chi connectivity index (χ1v) is 10.6. The van der Waals surface area contributed by atoms with Crippen LogP contribution in [0.15, 0.2) is 58.6 Å². The average Bonchev–Trinajstić information content (AvgIpc) is 3.25. The maximum atomic E-state index is 12.4. The van der Waals surface area contributed by atoms with Crippen molar-refractivity contribution in [3.05, 3.63) is 65.4 Å². The van der Waals surface area contributed by atoms with E-state index in [0.717, 1.165) is 0 Å². The van der Waals surface area contributed by atoms with Gasteiger partial charge in [0.25, 0.3) is 5.91 Å². The van der Waals surface area contributed by atoms with Crippen molar-refractivity contribution in [1.82, 2.24) is 5.16 Å². The first-order chi connectivity index (χ1) is 16.5. The van der Waals surface area contributed by atoms with E-state index in [1.807, 2.05) is 31.2 Å². The molecule has 2 aromatic carbocycles. The normalized spacial score (nSPS) is 10.8. The van der Waals surface area contributed by atoms with Gasteiger partial charge in [-0.25, -0.2) is 0 Å². The van der Waals surface area contributed by atoms with Gasteiger partial charge in [0.1, 0.15) is 42.1 Å². The van der Waals surface area contributed by atoms with E-state index >= 15 is 0 Å². The number of amides is 1. The number of rotatable bonds is 11. The standard InChI is InChI=1S/C25H25N3O6/c1-4-31-23-14-18(13-19(16-26)25(29)27-24-12-17(2)34-28-24)8-9-22(23)33-11-10-32-21-7-5-6-20(15-21)30-3/h5-9,12-15H,4,10-11H2,1-3H3,(H,27,28,29)/b19-13-. The molecular weight excluding hydrogens is 438 g/mol. The Balaban J connectivity index is 1.65. The van der Waals surface area contributed by atoms with Gasteiger partial charge in [0.15, 0.2) is 17.3 Å². The van der Waals surface area contributed by atoms with Crippen LogP contribution >= 0.6 is 0 Å². The van der Waals surface area contributed by atoms with E-state index in [0.29, 0.717) is 47.5 Å². The number of ether oxygens (including phenoxy) is 4. The Bertz CT molecular complexity index is 1200. The molecule has 9 nitrogen and oxygen atoms in total. The average molecular weight is 463 g/mol. The van der Waals surface area contributed by atoms with Crippen molar-refractivity contribution >= 4 is 17.8 Å². The number of anilines is 1. The van der Waals surface area contributed by atoms with Gasteiger partial charge in [-0.1, -0.05) is 17.3 Å². The Hall–Kier alpha value is -4.45. The fourth-order valence-corrected chi connectivity index (χ4v) is 2.93. The zero-order valence-corrected chi connectivity index (χ0v) is 19.2. The Morgan fingerprint density at radius 2 is 1.88 bits per heavy atom. The monoisotopic (exact) mass is 463 g/mol. The summed E-state index contributed by atoms with van der Waals surface area (Å²) in [5, 5.41) is 15.7. The van der Waals surface area contributed by atoms with Gasteiger partial charge in [-0.3, -0.25) is 4.79 Å². The summed E-state index contributed by atoms with van der Waals surface area (Å²) >= 11 is 0. The minimum absolute atomic E-state index is 0.0940. The van der Waals surface area contributed by atoms with E-state index < -0.39 is 5.91 Å². The molecule has 1 amide bonds. The summed E-state index contributed by atoms with van der Waals surface area (Å²) in [5.74, 6) is 2.58. The third kappa shape index (κ3) is 6.77. The molecule has 0 radical (unpaired) electrons. The van der Waals surface area contributed by atoms with Crippen LogP contribution in [0.2, 0.25) is 0 Å². The lowest BCUT2D eigenvalue weighted by Crippen LogP contribution is -2.13. The van der Waals surface area contributed by atoms with Crippen LogP contribution < -0.4 is 24.3 Å². The topological polar surface area (TPSA) is 116 Å². The highest BCUT2D eigenvalue weighted by atomic mass is 16.5. The predicted octanol–water partition coefficient (Wildman–Crippen LogP) is 4.39. The molecular formula is C25H25N3O6. The van der Waals surface area contributed by atoms with Gasteiger partial charge in [-0.05, 0) is 49.8 Å². The van der Waals surface area contributed by atoms with Crippen molar-refractivity contribution in [2.24, 2.45) is 0 Å². The smallest absolute Gasteiger partial charge is 0.267 e. The first kappa shape index (κ1) is 24.2. The van der Waals surface area contributed by atoms with Gasteiger partial charge in [0, 0.05) is 12.1 Å². The van der Waals surface area contributed by atoms with Crippen molar-refractivity contribution in [3.8, 4) is 29.1 Å². The minimum atomic E-state index is -0.594. The summed E-state index contributed by atoms with van der Waals surface area (Å²) in [6.07, 6.45) is 1.46. The second kappa shape index (κ2) is 12.0. The summed E-state index contributed by atoms with van der Waals surface area (Å²) in [6.45, 7) is 4.58. The number of hydrogen-bond acceptors (Lipinski definition) is 8. The van der Waals surface area contributed by atoms with Crippen molar-refractivity contribution in [3.63, 3.8) is 0 Å². The number of hydrogen-bond donors (Lipinski definition) is 1. The summed E-state index contributed by atoms with van der Waals surface area (Å²) < 4.78 is 27.3. The molecule has 0 atom stereocenters. The fourth-order valence-electron chi connectivity index (χ4n) is 2.93. The number of aryl methyl sites for hydroxylation is 1. The highest BCUT2D eigenvalue weighted by Gasteiger charge is 2.13. The molecule has 176 valence electrons. The van der Waals surface area contributed by atoms with E-state index in [1.165, 1.54) is 6.08 Å². The maximum Gasteiger partial charge on any atom is 0.267 e. The van der Waals surface area contributed by atoms with E-state index in [1.54, 1.807) is 44.4 Å². The molecule has 0 aliphatic heterocycles. The van der Waals surface area contributed by atoms with Gasteiger partial charge < -0.3 is 28.8 Å². The minimum Gasteiger partial charge on any atom is -0.497 e. The van der Waals surface area contributed by atoms with E-state index in [4.69, 9.17) is 23.5 Å². The number of methoxy groups -OCH3 is 1. The molecule has 0 aliphatic carbocycles. The van der Waals surface area contributed by atoms with Crippen LogP contribution in [0.25, 0.3) is 6.08 Å².